The number of carbonyl (C=O) groups excluding carboxylic acids is 2. The molecular formula is C23H18O12. The fourth-order valence-corrected chi connectivity index (χ4v) is 3.57. The molecule has 0 saturated carbocycles. The van der Waals surface area contributed by atoms with Crippen LogP contribution in [0.2, 0.25) is 0 Å². The number of ketones is 1. The monoisotopic (exact) mass is 486 g/mol. The summed E-state index contributed by atoms with van der Waals surface area (Å²) in [5.41, 5.74) is -0.732. The van der Waals surface area contributed by atoms with Crippen LogP contribution in [0.15, 0.2) is 36.4 Å². The van der Waals surface area contributed by atoms with Gasteiger partial charge in [0.05, 0.1) is 12.7 Å². The van der Waals surface area contributed by atoms with Crippen LogP contribution in [0.5, 0.6) is 51.7 Å². The smallest absolute Gasteiger partial charge is 0.344 e. The van der Waals surface area contributed by atoms with E-state index < -0.39 is 64.2 Å². The van der Waals surface area contributed by atoms with Crippen LogP contribution in [-0.4, -0.2) is 60.7 Å². The Hall–Kier alpha value is -4.84. The summed E-state index contributed by atoms with van der Waals surface area (Å²) in [7, 11) is 1.19. The topological polar surface area (TPSA) is 203 Å². The Labute approximate surface area is 196 Å². The number of rotatable bonds is 4. The number of aromatic hydroxyl groups is 6. The number of ether oxygens (including phenoxy) is 3. The first-order valence-corrected chi connectivity index (χ1v) is 9.84. The minimum Gasteiger partial charge on any atom is -0.508 e. The highest BCUT2D eigenvalue weighted by atomic mass is 16.5. The SMILES string of the molecule is COc1cc(C(=O)Oc2c(O)cc(C3Oc4cc(O)cc(O)c4C(=O)C3O)cc2O)cc(O)c1O. The largest absolute Gasteiger partial charge is 0.508 e. The number of phenols is 6. The van der Waals surface area contributed by atoms with Gasteiger partial charge in [-0.3, -0.25) is 4.79 Å². The molecule has 4 rings (SSSR count). The number of hydrogen-bond donors (Lipinski definition) is 7. The van der Waals surface area contributed by atoms with Crippen LogP contribution in [0, 0.1) is 0 Å². The van der Waals surface area contributed by atoms with Gasteiger partial charge < -0.3 is 50.0 Å². The van der Waals surface area contributed by atoms with Crippen molar-refractivity contribution in [2.75, 3.05) is 7.11 Å². The molecule has 2 unspecified atom stereocenters. The predicted octanol–water partition coefficient (Wildman–Crippen LogP) is 1.83. The van der Waals surface area contributed by atoms with Crippen LogP contribution in [0.3, 0.4) is 0 Å². The Kier molecular flexibility index (Phi) is 5.66. The summed E-state index contributed by atoms with van der Waals surface area (Å²) in [5, 5.41) is 70.2. The summed E-state index contributed by atoms with van der Waals surface area (Å²) in [6, 6.07) is 5.81. The van der Waals surface area contributed by atoms with Crippen molar-refractivity contribution in [1.29, 1.82) is 0 Å². The zero-order valence-electron chi connectivity index (χ0n) is 17.8. The van der Waals surface area contributed by atoms with E-state index >= 15 is 0 Å². The lowest BCUT2D eigenvalue weighted by Gasteiger charge is -2.30. The molecule has 2 atom stereocenters. The molecule has 7 N–H and O–H groups in total. The van der Waals surface area contributed by atoms with Crippen molar-refractivity contribution < 1.29 is 59.5 Å². The lowest BCUT2D eigenvalue weighted by Crippen LogP contribution is -2.36. The van der Waals surface area contributed by atoms with Gasteiger partial charge in [0.2, 0.25) is 17.3 Å². The molecule has 12 nitrogen and oxygen atoms in total. The van der Waals surface area contributed by atoms with Crippen LogP contribution in [0.1, 0.15) is 32.4 Å². The molecule has 0 fully saturated rings. The molecule has 12 heteroatoms. The summed E-state index contributed by atoms with van der Waals surface area (Å²) >= 11 is 0. The second kappa shape index (κ2) is 8.50. The third-order valence-corrected chi connectivity index (χ3v) is 5.23. The normalized spacial score (nSPS) is 16.8. The van der Waals surface area contributed by atoms with Crippen molar-refractivity contribution in [2.45, 2.75) is 12.2 Å². The Morgan fingerprint density at radius 3 is 2.17 bits per heavy atom. The van der Waals surface area contributed by atoms with Crippen molar-refractivity contribution in [3.05, 3.63) is 53.1 Å². The number of aliphatic hydroxyl groups excluding tert-OH is 1. The second-order valence-corrected chi connectivity index (χ2v) is 7.51. The fourth-order valence-electron chi connectivity index (χ4n) is 3.57. The van der Waals surface area contributed by atoms with Gasteiger partial charge in [-0.2, -0.15) is 0 Å². The molecule has 0 bridgehead atoms. The van der Waals surface area contributed by atoms with Gasteiger partial charge in [-0.05, 0) is 24.3 Å². The number of fused-ring (bicyclic) bond motifs is 1. The highest BCUT2D eigenvalue weighted by molar-refractivity contribution is 6.05. The molecule has 0 aliphatic carbocycles. The lowest BCUT2D eigenvalue weighted by molar-refractivity contribution is 0.0209. The van der Waals surface area contributed by atoms with Crippen molar-refractivity contribution in [3.63, 3.8) is 0 Å². The van der Waals surface area contributed by atoms with E-state index in [-0.39, 0.29) is 28.2 Å². The second-order valence-electron chi connectivity index (χ2n) is 7.51. The number of benzene rings is 3. The van der Waals surface area contributed by atoms with Gasteiger partial charge in [-0.1, -0.05) is 0 Å². The molecule has 0 spiro atoms. The highest BCUT2D eigenvalue weighted by Gasteiger charge is 2.40. The Morgan fingerprint density at radius 2 is 1.54 bits per heavy atom. The van der Waals surface area contributed by atoms with Gasteiger partial charge >= 0.3 is 5.97 Å². The number of carbonyl (C=O) groups is 2. The summed E-state index contributed by atoms with van der Waals surface area (Å²) in [6.45, 7) is 0. The van der Waals surface area contributed by atoms with Gasteiger partial charge in [-0.15, -0.1) is 0 Å². The number of Topliss-reactive ketones (excluding diaryl/α,β-unsaturated/α-hetero) is 1. The third-order valence-electron chi connectivity index (χ3n) is 5.23. The van der Waals surface area contributed by atoms with Crippen molar-refractivity contribution >= 4 is 11.8 Å². The molecular weight excluding hydrogens is 468 g/mol. The van der Waals surface area contributed by atoms with E-state index in [0.717, 1.165) is 36.4 Å². The van der Waals surface area contributed by atoms with E-state index in [0.29, 0.717) is 0 Å². The van der Waals surface area contributed by atoms with Crippen LogP contribution in [0.4, 0.5) is 0 Å². The van der Waals surface area contributed by atoms with Crippen molar-refractivity contribution in [1.82, 2.24) is 0 Å². The highest BCUT2D eigenvalue weighted by Crippen LogP contribution is 2.45. The van der Waals surface area contributed by atoms with Crippen LogP contribution in [-0.2, 0) is 0 Å². The quantitative estimate of drug-likeness (QED) is 0.160. The first-order chi connectivity index (χ1) is 16.5. The number of aliphatic hydroxyl groups is 1. The maximum absolute atomic E-state index is 12.6. The molecule has 0 saturated heterocycles. The number of phenolic OH excluding ortho intramolecular Hbond substituents is 6. The van der Waals surface area contributed by atoms with Gasteiger partial charge in [0.1, 0.15) is 22.8 Å². The molecule has 0 radical (unpaired) electrons. The van der Waals surface area contributed by atoms with E-state index in [1.165, 1.54) is 7.11 Å². The molecule has 0 amide bonds. The molecule has 35 heavy (non-hydrogen) atoms. The standard InChI is InChI=1S/C23H18O12/c1-33-16-5-9(4-12(26)18(16)29)23(32)35-22-13(27)2-8(3-14(22)28)21-20(31)19(30)17-11(25)6-10(24)7-15(17)34-21/h2-7,20-21,24-29,31H,1H3. The summed E-state index contributed by atoms with van der Waals surface area (Å²) in [6.07, 6.45) is -3.31. The first kappa shape index (κ1) is 23.3. The lowest BCUT2D eigenvalue weighted by atomic mass is 9.92. The van der Waals surface area contributed by atoms with Crippen LogP contribution >= 0.6 is 0 Å². The summed E-state index contributed by atoms with van der Waals surface area (Å²) in [4.78, 5) is 25.0. The minimum atomic E-state index is -1.85. The van der Waals surface area contributed by atoms with E-state index in [2.05, 4.69) is 0 Å². The van der Waals surface area contributed by atoms with Crippen molar-refractivity contribution in [2.24, 2.45) is 0 Å². The van der Waals surface area contributed by atoms with Gasteiger partial charge in [0.25, 0.3) is 0 Å². The molecule has 1 aliphatic heterocycles. The minimum absolute atomic E-state index is 0.0990. The zero-order valence-corrected chi connectivity index (χ0v) is 17.8. The van der Waals surface area contributed by atoms with E-state index in [1.54, 1.807) is 0 Å². The number of hydrogen-bond acceptors (Lipinski definition) is 12. The molecule has 1 heterocycles. The Morgan fingerprint density at radius 1 is 0.886 bits per heavy atom. The van der Waals surface area contributed by atoms with E-state index in [9.17, 15) is 45.3 Å². The maximum Gasteiger partial charge on any atom is 0.344 e. The molecule has 3 aromatic carbocycles. The van der Waals surface area contributed by atoms with Gasteiger partial charge in [0, 0.05) is 17.7 Å². The van der Waals surface area contributed by atoms with Crippen LogP contribution in [0.25, 0.3) is 0 Å². The third kappa shape index (κ3) is 4.02. The van der Waals surface area contributed by atoms with Crippen molar-refractivity contribution in [3.8, 4) is 51.7 Å². The first-order valence-electron chi connectivity index (χ1n) is 9.84. The molecule has 0 aromatic heterocycles. The number of methoxy groups -OCH3 is 1. The van der Waals surface area contributed by atoms with Gasteiger partial charge in [0.15, 0.2) is 35.2 Å². The predicted molar refractivity (Wildman–Crippen MR) is 115 cm³/mol. The van der Waals surface area contributed by atoms with Crippen LogP contribution < -0.4 is 14.2 Å². The Balaban J connectivity index is 1.65. The Bertz CT molecular complexity index is 1340. The molecule has 3 aromatic rings. The van der Waals surface area contributed by atoms with Gasteiger partial charge in [-0.25, -0.2) is 4.79 Å². The molecule has 182 valence electrons. The average Bonchev–Trinajstić information content (AvgIpc) is 2.79. The summed E-state index contributed by atoms with van der Waals surface area (Å²) in [5.74, 6) is -7.05. The average molecular weight is 486 g/mol. The maximum atomic E-state index is 12.6. The van der Waals surface area contributed by atoms with E-state index in [4.69, 9.17) is 14.2 Å². The molecule has 1 aliphatic rings. The summed E-state index contributed by atoms with van der Waals surface area (Å²) < 4.78 is 15.4. The fraction of sp³-hybridized carbons (Fsp3) is 0.130. The van der Waals surface area contributed by atoms with E-state index in [1.807, 2.05) is 0 Å². The number of esters is 1. The zero-order chi connectivity index (χ0) is 25.6.